The fourth-order valence-corrected chi connectivity index (χ4v) is 2.16. The lowest BCUT2D eigenvalue weighted by molar-refractivity contribution is -0.142. The number of hydrogen-bond acceptors (Lipinski definition) is 3. The summed E-state index contributed by atoms with van der Waals surface area (Å²) in [4.78, 5) is 23.6. The zero-order valence-corrected chi connectivity index (χ0v) is 13.9. The van der Waals surface area contributed by atoms with Crippen LogP contribution in [0.2, 0.25) is 0 Å². The summed E-state index contributed by atoms with van der Waals surface area (Å²) in [7, 11) is 0. The van der Waals surface area contributed by atoms with E-state index in [9.17, 15) is 9.59 Å². The number of anilines is 1. The van der Waals surface area contributed by atoms with Gasteiger partial charge in [-0.1, -0.05) is 55.0 Å². The maximum Gasteiger partial charge on any atom is 0.331 e. The monoisotopic (exact) mass is 323 g/mol. The van der Waals surface area contributed by atoms with E-state index in [2.05, 4.69) is 5.32 Å². The van der Waals surface area contributed by atoms with Gasteiger partial charge in [-0.25, -0.2) is 4.79 Å². The van der Waals surface area contributed by atoms with Crippen molar-refractivity contribution in [3.63, 3.8) is 0 Å². The molecule has 2 aromatic rings. The number of hydrogen-bond donors (Lipinski definition) is 1. The zero-order valence-electron chi connectivity index (χ0n) is 13.9. The van der Waals surface area contributed by atoms with E-state index in [-0.39, 0.29) is 12.5 Å². The Morgan fingerprint density at radius 3 is 2.50 bits per heavy atom. The number of benzene rings is 2. The highest BCUT2D eigenvalue weighted by Gasteiger charge is 2.07. The Labute approximate surface area is 142 Å². The van der Waals surface area contributed by atoms with Crippen LogP contribution in [-0.2, 0) is 20.7 Å². The van der Waals surface area contributed by atoms with Gasteiger partial charge < -0.3 is 10.1 Å². The van der Waals surface area contributed by atoms with Crippen LogP contribution in [0, 0.1) is 6.92 Å². The fourth-order valence-electron chi connectivity index (χ4n) is 2.16. The average molecular weight is 323 g/mol. The molecule has 0 aliphatic carbocycles. The van der Waals surface area contributed by atoms with E-state index in [0.29, 0.717) is 0 Å². The van der Waals surface area contributed by atoms with Gasteiger partial charge in [0.15, 0.2) is 6.61 Å². The van der Waals surface area contributed by atoms with E-state index in [4.69, 9.17) is 4.74 Å². The molecule has 4 nitrogen and oxygen atoms in total. The second kappa shape index (κ2) is 8.67. The molecule has 0 aliphatic heterocycles. The van der Waals surface area contributed by atoms with Crippen LogP contribution in [0.1, 0.15) is 23.6 Å². The van der Waals surface area contributed by atoms with Gasteiger partial charge in [-0.05, 0) is 36.6 Å². The Morgan fingerprint density at radius 1 is 1.08 bits per heavy atom. The summed E-state index contributed by atoms with van der Waals surface area (Å²) in [5.74, 6) is -0.900. The van der Waals surface area contributed by atoms with Gasteiger partial charge in [0.2, 0.25) is 0 Å². The molecule has 124 valence electrons. The highest BCUT2D eigenvalue weighted by Crippen LogP contribution is 2.15. The van der Waals surface area contributed by atoms with Crippen molar-refractivity contribution in [2.45, 2.75) is 20.3 Å². The summed E-state index contributed by atoms with van der Waals surface area (Å²) in [5, 5.41) is 2.76. The van der Waals surface area contributed by atoms with Gasteiger partial charge in [0.25, 0.3) is 5.91 Å². The van der Waals surface area contributed by atoms with E-state index in [1.807, 2.05) is 62.4 Å². The number of para-hydroxylation sites is 1. The molecule has 0 aromatic heterocycles. The van der Waals surface area contributed by atoms with E-state index in [0.717, 1.165) is 28.8 Å². The van der Waals surface area contributed by atoms with Crippen LogP contribution in [0.5, 0.6) is 0 Å². The second-order valence-electron chi connectivity index (χ2n) is 5.41. The highest BCUT2D eigenvalue weighted by molar-refractivity contribution is 5.95. The number of rotatable bonds is 6. The van der Waals surface area contributed by atoms with Crippen LogP contribution in [0.4, 0.5) is 5.69 Å². The Bertz CT molecular complexity index is 733. The van der Waals surface area contributed by atoms with E-state index in [1.54, 1.807) is 6.08 Å². The molecule has 0 heterocycles. The van der Waals surface area contributed by atoms with Gasteiger partial charge >= 0.3 is 5.97 Å². The molecule has 0 fully saturated rings. The number of amides is 1. The molecule has 24 heavy (non-hydrogen) atoms. The molecule has 0 aliphatic rings. The molecule has 1 amide bonds. The molecule has 0 saturated heterocycles. The lowest BCUT2D eigenvalue weighted by atomic mass is 10.1. The lowest BCUT2D eigenvalue weighted by Crippen LogP contribution is -2.20. The van der Waals surface area contributed by atoms with Crippen LogP contribution < -0.4 is 5.32 Å². The van der Waals surface area contributed by atoms with Crippen LogP contribution >= 0.6 is 0 Å². The van der Waals surface area contributed by atoms with Crippen LogP contribution in [0.3, 0.4) is 0 Å². The quantitative estimate of drug-likeness (QED) is 0.650. The second-order valence-corrected chi connectivity index (χ2v) is 5.41. The first-order valence-electron chi connectivity index (χ1n) is 7.87. The first kappa shape index (κ1) is 17.5. The van der Waals surface area contributed by atoms with Crippen molar-refractivity contribution in [3.8, 4) is 0 Å². The standard InChI is InChI=1S/C20H21NO3/c1-3-17-6-4-5-7-18(17)21-19(22)14-24-20(23)13-12-16-10-8-15(2)9-11-16/h4-13H,3,14H2,1-2H3,(H,21,22)/b13-12+. The van der Waals surface area contributed by atoms with Gasteiger partial charge in [-0.15, -0.1) is 0 Å². The third-order valence-corrected chi connectivity index (χ3v) is 3.51. The molecule has 4 heteroatoms. The molecular formula is C20H21NO3. The minimum Gasteiger partial charge on any atom is -0.452 e. The third-order valence-electron chi connectivity index (χ3n) is 3.51. The van der Waals surface area contributed by atoms with Crippen molar-refractivity contribution in [2.24, 2.45) is 0 Å². The summed E-state index contributed by atoms with van der Waals surface area (Å²) in [6.07, 6.45) is 3.79. The highest BCUT2D eigenvalue weighted by atomic mass is 16.5. The Morgan fingerprint density at radius 2 is 1.79 bits per heavy atom. The number of esters is 1. The topological polar surface area (TPSA) is 55.4 Å². The predicted octanol–water partition coefficient (Wildman–Crippen LogP) is 3.75. The van der Waals surface area contributed by atoms with Gasteiger partial charge in [-0.3, -0.25) is 4.79 Å². The summed E-state index contributed by atoms with van der Waals surface area (Å²) in [6.45, 7) is 3.70. The molecule has 0 bridgehead atoms. The largest absolute Gasteiger partial charge is 0.452 e. The normalized spacial score (nSPS) is 10.6. The van der Waals surface area contributed by atoms with E-state index >= 15 is 0 Å². The van der Waals surface area contributed by atoms with Crippen molar-refractivity contribution >= 4 is 23.6 Å². The minimum absolute atomic E-state index is 0.310. The summed E-state index contributed by atoms with van der Waals surface area (Å²) in [6, 6.07) is 15.3. The van der Waals surface area contributed by atoms with Gasteiger partial charge in [0.05, 0.1) is 0 Å². The first-order valence-corrected chi connectivity index (χ1v) is 7.87. The van der Waals surface area contributed by atoms with Gasteiger partial charge in [-0.2, -0.15) is 0 Å². The van der Waals surface area contributed by atoms with Crippen molar-refractivity contribution in [2.75, 3.05) is 11.9 Å². The van der Waals surface area contributed by atoms with Crippen molar-refractivity contribution < 1.29 is 14.3 Å². The van der Waals surface area contributed by atoms with Crippen molar-refractivity contribution in [1.82, 2.24) is 0 Å². The Kier molecular flexibility index (Phi) is 6.32. The first-order chi connectivity index (χ1) is 11.6. The number of ether oxygens (including phenoxy) is 1. The Balaban J connectivity index is 1.82. The Hall–Kier alpha value is -2.88. The lowest BCUT2D eigenvalue weighted by Gasteiger charge is -2.09. The molecule has 0 atom stereocenters. The maximum absolute atomic E-state index is 11.9. The molecule has 0 radical (unpaired) electrons. The fraction of sp³-hybridized carbons (Fsp3) is 0.200. The third kappa shape index (κ3) is 5.39. The predicted molar refractivity (Wildman–Crippen MR) is 95.6 cm³/mol. The van der Waals surface area contributed by atoms with Crippen LogP contribution in [0.25, 0.3) is 6.08 Å². The molecule has 1 N–H and O–H groups in total. The van der Waals surface area contributed by atoms with E-state index < -0.39 is 5.97 Å². The molecule has 0 saturated carbocycles. The summed E-state index contributed by atoms with van der Waals surface area (Å²) < 4.78 is 4.96. The number of nitrogens with one attached hydrogen (secondary N) is 1. The smallest absolute Gasteiger partial charge is 0.331 e. The molecular weight excluding hydrogens is 302 g/mol. The number of aryl methyl sites for hydroxylation is 2. The molecule has 0 unspecified atom stereocenters. The molecule has 2 rings (SSSR count). The molecule has 2 aromatic carbocycles. The number of carbonyl (C=O) groups excluding carboxylic acids is 2. The molecule has 0 spiro atoms. The van der Waals surface area contributed by atoms with Gasteiger partial charge in [0, 0.05) is 11.8 Å². The van der Waals surface area contributed by atoms with Gasteiger partial charge in [0.1, 0.15) is 0 Å². The summed E-state index contributed by atoms with van der Waals surface area (Å²) >= 11 is 0. The minimum atomic E-state index is -0.547. The van der Waals surface area contributed by atoms with Crippen molar-refractivity contribution in [1.29, 1.82) is 0 Å². The summed E-state index contributed by atoms with van der Waals surface area (Å²) in [5.41, 5.74) is 3.84. The van der Waals surface area contributed by atoms with Crippen LogP contribution in [0.15, 0.2) is 54.6 Å². The SMILES string of the molecule is CCc1ccccc1NC(=O)COC(=O)/C=C/c1ccc(C)cc1. The van der Waals surface area contributed by atoms with Crippen LogP contribution in [-0.4, -0.2) is 18.5 Å². The number of carbonyl (C=O) groups is 2. The van der Waals surface area contributed by atoms with E-state index in [1.165, 1.54) is 6.08 Å². The maximum atomic E-state index is 11.9. The average Bonchev–Trinajstić information content (AvgIpc) is 2.60. The van der Waals surface area contributed by atoms with Crippen molar-refractivity contribution in [3.05, 3.63) is 71.3 Å². The zero-order chi connectivity index (χ0) is 17.4.